The molecule has 0 bridgehead atoms. The largest absolute Gasteiger partial charge is 0.497 e. The normalized spacial score (nSPS) is 11.2. The summed E-state index contributed by atoms with van der Waals surface area (Å²) in [4.78, 5) is 0. The van der Waals surface area contributed by atoms with Crippen molar-refractivity contribution in [1.82, 2.24) is 0 Å². The van der Waals surface area contributed by atoms with Gasteiger partial charge in [0, 0.05) is 0 Å². The predicted molar refractivity (Wildman–Crippen MR) is 115 cm³/mol. The first kappa shape index (κ1) is 16.6. The van der Waals surface area contributed by atoms with E-state index in [1.54, 1.807) is 14.2 Å². The Balaban J connectivity index is 1.96. The van der Waals surface area contributed by atoms with Crippen molar-refractivity contribution in [3.63, 3.8) is 0 Å². The van der Waals surface area contributed by atoms with Gasteiger partial charge >= 0.3 is 0 Å². The van der Waals surface area contributed by atoms with E-state index in [1.807, 2.05) is 12.1 Å². The summed E-state index contributed by atoms with van der Waals surface area (Å²) in [5, 5.41) is 0. The Morgan fingerprint density at radius 3 is 1.07 bits per heavy atom. The summed E-state index contributed by atoms with van der Waals surface area (Å²) in [5.74, 6) is 1.72. The maximum absolute atomic E-state index is 5.54. The molecule has 0 saturated heterocycles. The fourth-order valence-corrected chi connectivity index (χ4v) is 4.12. The molecule has 0 unspecified atom stereocenters. The second-order valence-corrected chi connectivity index (χ2v) is 6.91. The molecule has 2 nitrogen and oxygen atoms in total. The van der Waals surface area contributed by atoms with E-state index in [4.69, 9.17) is 9.47 Å². The molecule has 4 aromatic carbocycles. The van der Waals surface area contributed by atoms with Gasteiger partial charge in [0.05, 0.1) is 14.2 Å². The van der Waals surface area contributed by atoms with Crippen LogP contribution in [0, 0.1) is 0 Å². The van der Waals surface area contributed by atoms with Gasteiger partial charge < -0.3 is 9.47 Å². The van der Waals surface area contributed by atoms with Crippen LogP contribution in [-0.2, 0) is 0 Å². The molecule has 0 heterocycles. The zero-order valence-corrected chi connectivity index (χ0v) is 15.9. The van der Waals surface area contributed by atoms with E-state index in [0.29, 0.717) is 0 Å². The van der Waals surface area contributed by atoms with Crippen LogP contribution < -0.4 is 9.47 Å². The Hall–Kier alpha value is -3.52. The first-order chi connectivity index (χ1) is 13.8. The maximum Gasteiger partial charge on any atom is 0.119 e. The molecule has 0 aliphatic heterocycles. The highest BCUT2D eigenvalue weighted by Crippen LogP contribution is 2.48. The molecule has 0 saturated carbocycles. The van der Waals surface area contributed by atoms with Crippen LogP contribution in [0.2, 0.25) is 0 Å². The van der Waals surface area contributed by atoms with Crippen molar-refractivity contribution >= 4 is 0 Å². The molecule has 0 radical (unpaired) electrons. The molecule has 0 N–H and O–H groups in total. The molecule has 1 aliphatic rings. The van der Waals surface area contributed by atoms with E-state index in [0.717, 1.165) is 11.5 Å². The van der Waals surface area contributed by atoms with Gasteiger partial charge in [-0.3, -0.25) is 0 Å². The lowest BCUT2D eigenvalue weighted by Crippen LogP contribution is -1.98. The number of ether oxygens (including phenoxy) is 2. The standard InChI is InChI=1S/C26H20O2/c1-27-17-11-13-23-24-14-12-18(28-2)16-26(24)22-10-6-4-8-20(22)19-7-3-5-9-21(19)25(23)15-17/h3-16H,1-2H3. The summed E-state index contributed by atoms with van der Waals surface area (Å²) in [5.41, 5.74) is 9.62. The van der Waals surface area contributed by atoms with Gasteiger partial charge in [0.15, 0.2) is 0 Å². The fourth-order valence-electron chi connectivity index (χ4n) is 4.12. The second-order valence-electron chi connectivity index (χ2n) is 6.91. The van der Waals surface area contributed by atoms with Gasteiger partial charge in [-0.2, -0.15) is 0 Å². The van der Waals surface area contributed by atoms with Crippen molar-refractivity contribution in [1.29, 1.82) is 0 Å². The van der Waals surface area contributed by atoms with Gasteiger partial charge in [0.2, 0.25) is 0 Å². The zero-order chi connectivity index (χ0) is 19.1. The van der Waals surface area contributed by atoms with Crippen LogP contribution in [0.4, 0.5) is 0 Å². The van der Waals surface area contributed by atoms with E-state index in [1.165, 1.54) is 44.5 Å². The minimum absolute atomic E-state index is 0.859. The van der Waals surface area contributed by atoms with Crippen molar-refractivity contribution in [3.05, 3.63) is 84.9 Å². The van der Waals surface area contributed by atoms with Gasteiger partial charge in [0.25, 0.3) is 0 Å². The van der Waals surface area contributed by atoms with Crippen molar-refractivity contribution in [2.24, 2.45) is 0 Å². The highest BCUT2D eigenvalue weighted by molar-refractivity contribution is 6.03. The Morgan fingerprint density at radius 1 is 0.393 bits per heavy atom. The maximum atomic E-state index is 5.54. The van der Waals surface area contributed by atoms with Crippen LogP contribution in [-0.4, -0.2) is 14.2 Å². The van der Waals surface area contributed by atoms with Crippen molar-refractivity contribution in [3.8, 4) is 56.0 Å². The molecule has 136 valence electrons. The highest BCUT2D eigenvalue weighted by Gasteiger charge is 2.22. The quantitative estimate of drug-likeness (QED) is 0.348. The van der Waals surface area contributed by atoms with Gasteiger partial charge in [0.1, 0.15) is 11.5 Å². The van der Waals surface area contributed by atoms with E-state index >= 15 is 0 Å². The fraction of sp³-hybridized carbons (Fsp3) is 0.0769. The predicted octanol–water partition coefficient (Wildman–Crippen LogP) is 6.69. The summed E-state index contributed by atoms with van der Waals surface area (Å²) in [6, 6.07) is 29.8. The third kappa shape index (κ3) is 2.49. The highest BCUT2D eigenvalue weighted by atomic mass is 16.5. The zero-order valence-electron chi connectivity index (χ0n) is 15.9. The van der Waals surface area contributed by atoms with E-state index in [-0.39, 0.29) is 0 Å². The van der Waals surface area contributed by atoms with Crippen molar-refractivity contribution < 1.29 is 9.47 Å². The molecule has 0 fully saturated rings. The molecule has 5 rings (SSSR count). The van der Waals surface area contributed by atoms with E-state index in [9.17, 15) is 0 Å². The van der Waals surface area contributed by atoms with Crippen molar-refractivity contribution in [2.75, 3.05) is 14.2 Å². The number of rotatable bonds is 2. The Kier molecular flexibility index (Phi) is 3.91. The van der Waals surface area contributed by atoms with Crippen LogP contribution in [0.3, 0.4) is 0 Å². The summed E-state index contributed by atoms with van der Waals surface area (Å²) >= 11 is 0. The number of methoxy groups -OCH3 is 2. The van der Waals surface area contributed by atoms with Crippen LogP contribution in [0.15, 0.2) is 84.9 Å². The molecular formula is C26H20O2. The average Bonchev–Trinajstić information content (AvgIpc) is 2.77. The Morgan fingerprint density at radius 2 is 0.714 bits per heavy atom. The molecule has 0 atom stereocenters. The van der Waals surface area contributed by atoms with Crippen LogP contribution in [0.1, 0.15) is 0 Å². The summed E-state index contributed by atoms with van der Waals surface area (Å²) in [6.45, 7) is 0. The summed E-state index contributed by atoms with van der Waals surface area (Å²) in [6.07, 6.45) is 0. The lowest BCUT2D eigenvalue weighted by atomic mass is 9.81. The third-order valence-electron chi connectivity index (χ3n) is 5.47. The number of hydrogen-bond donors (Lipinski definition) is 0. The lowest BCUT2D eigenvalue weighted by Gasteiger charge is -2.23. The summed E-state index contributed by atoms with van der Waals surface area (Å²) in [7, 11) is 3.43. The summed E-state index contributed by atoms with van der Waals surface area (Å²) < 4.78 is 11.1. The van der Waals surface area contributed by atoms with Crippen molar-refractivity contribution in [2.45, 2.75) is 0 Å². The van der Waals surface area contributed by atoms with Gasteiger partial charge in [-0.1, -0.05) is 60.7 Å². The molecule has 0 spiro atoms. The minimum Gasteiger partial charge on any atom is -0.497 e. The van der Waals surface area contributed by atoms with E-state index in [2.05, 4.69) is 72.8 Å². The lowest BCUT2D eigenvalue weighted by molar-refractivity contribution is 0.414. The van der Waals surface area contributed by atoms with Crippen LogP contribution >= 0.6 is 0 Å². The monoisotopic (exact) mass is 364 g/mol. The SMILES string of the molecule is COc1ccc2c(c1)-c1ccccc1-c1ccccc1-c1cc(OC)ccc1-2. The second kappa shape index (κ2) is 6.58. The smallest absolute Gasteiger partial charge is 0.119 e. The minimum atomic E-state index is 0.859. The molecular weight excluding hydrogens is 344 g/mol. The number of hydrogen-bond acceptors (Lipinski definition) is 2. The molecule has 0 amide bonds. The molecule has 1 aliphatic carbocycles. The molecule has 4 aromatic rings. The number of fused-ring (bicyclic) bond motifs is 8. The Bertz CT molecular complexity index is 1100. The van der Waals surface area contributed by atoms with Crippen LogP contribution in [0.5, 0.6) is 11.5 Å². The third-order valence-corrected chi connectivity index (χ3v) is 5.47. The van der Waals surface area contributed by atoms with Gasteiger partial charge in [-0.25, -0.2) is 0 Å². The first-order valence-electron chi connectivity index (χ1n) is 9.36. The molecule has 0 aromatic heterocycles. The molecule has 28 heavy (non-hydrogen) atoms. The average molecular weight is 364 g/mol. The molecule has 2 heteroatoms. The van der Waals surface area contributed by atoms with E-state index < -0.39 is 0 Å². The first-order valence-corrected chi connectivity index (χ1v) is 9.36. The van der Waals surface area contributed by atoms with Crippen LogP contribution in [0.25, 0.3) is 44.5 Å². The van der Waals surface area contributed by atoms with Gasteiger partial charge in [-0.05, 0) is 68.8 Å². The topological polar surface area (TPSA) is 18.5 Å². The number of benzene rings is 4. The Labute approximate surface area is 165 Å². The van der Waals surface area contributed by atoms with Gasteiger partial charge in [-0.15, -0.1) is 0 Å².